The molecule has 1 heterocycles. The van der Waals surface area contributed by atoms with Crippen LogP contribution in [0.25, 0.3) is 0 Å². The Morgan fingerprint density at radius 2 is 1.67 bits per heavy atom. The van der Waals surface area contributed by atoms with Crippen LogP contribution in [-0.4, -0.2) is 20.0 Å². The van der Waals surface area contributed by atoms with Crippen molar-refractivity contribution in [1.82, 2.24) is 0 Å². The molecule has 128 valence electrons. The van der Waals surface area contributed by atoms with E-state index >= 15 is 0 Å². The van der Waals surface area contributed by atoms with Crippen LogP contribution >= 0.6 is 0 Å². The summed E-state index contributed by atoms with van der Waals surface area (Å²) >= 11 is 0. The fourth-order valence-corrected chi connectivity index (χ4v) is 3.12. The monoisotopic (exact) mass is 328 g/mol. The van der Waals surface area contributed by atoms with Crippen molar-refractivity contribution >= 4 is 0 Å². The molecule has 2 aromatic carbocycles. The number of ether oxygens (including phenoxy) is 4. The van der Waals surface area contributed by atoms with Gasteiger partial charge >= 0.3 is 0 Å². The van der Waals surface area contributed by atoms with Crippen molar-refractivity contribution in [3.05, 3.63) is 47.0 Å². The smallest absolute Gasteiger partial charge is 0.231 e. The van der Waals surface area contributed by atoms with E-state index in [0.29, 0.717) is 13.2 Å². The molecule has 1 aliphatic rings. The molecule has 1 aliphatic heterocycles. The molecule has 4 nitrogen and oxygen atoms in total. The molecule has 0 saturated carbocycles. The minimum atomic E-state index is 0.178. The van der Waals surface area contributed by atoms with Crippen LogP contribution in [0.2, 0.25) is 0 Å². The standard InChI is InChI=1S/C20H24O4/c1-5-21-15-7-8-16(13(3)9-15)14(4)17-10-19-20(24-12-23-19)11-18(17)22-6-2/h7-11,14H,5-6,12H2,1-4H3/t14-/m1/s1. The van der Waals surface area contributed by atoms with Crippen LogP contribution in [0.15, 0.2) is 30.3 Å². The molecule has 0 aliphatic carbocycles. The van der Waals surface area contributed by atoms with E-state index in [4.69, 9.17) is 18.9 Å². The number of rotatable bonds is 6. The van der Waals surface area contributed by atoms with E-state index in [1.54, 1.807) is 0 Å². The fraction of sp³-hybridized carbons (Fsp3) is 0.400. The van der Waals surface area contributed by atoms with E-state index in [-0.39, 0.29) is 12.7 Å². The molecular weight excluding hydrogens is 304 g/mol. The van der Waals surface area contributed by atoms with E-state index in [0.717, 1.165) is 28.6 Å². The second-order valence-corrected chi connectivity index (χ2v) is 5.85. The highest BCUT2D eigenvalue weighted by molar-refractivity contribution is 5.55. The van der Waals surface area contributed by atoms with E-state index < -0.39 is 0 Å². The van der Waals surface area contributed by atoms with Gasteiger partial charge in [0.05, 0.1) is 13.2 Å². The highest BCUT2D eigenvalue weighted by Gasteiger charge is 2.22. The third kappa shape index (κ3) is 3.14. The first-order valence-corrected chi connectivity index (χ1v) is 8.43. The summed E-state index contributed by atoms with van der Waals surface area (Å²) < 4.78 is 22.5. The zero-order valence-corrected chi connectivity index (χ0v) is 14.7. The first-order chi connectivity index (χ1) is 11.6. The molecule has 0 spiro atoms. The van der Waals surface area contributed by atoms with Gasteiger partial charge in [0.2, 0.25) is 6.79 Å². The molecule has 0 radical (unpaired) electrons. The molecule has 4 heteroatoms. The largest absolute Gasteiger partial charge is 0.494 e. The normalized spacial score (nSPS) is 13.7. The Labute approximate surface area is 143 Å². The van der Waals surface area contributed by atoms with E-state index in [1.165, 1.54) is 11.1 Å². The fourth-order valence-electron chi connectivity index (χ4n) is 3.12. The van der Waals surface area contributed by atoms with Gasteiger partial charge in [-0.05, 0) is 50.1 Å². The lowest BCUT2D eigenvalue weighted by Gasteiger charge is -2.20. The molecule has 2 aromatic rings. The zero-order valence-electron chi connectivity index (χ0n) is 14.7. The van der Waals surface area contributed by atoms with Gasteiger partial charge in [0, 0.05) is 17.5 Å². The topological polar surface area (TPSA) is 36.9 Å². The quantitative estimate of drug-likeness (QED) is 0.772. The summed E-state index contributed by atoms with van der Waals surface area (Å²) in [4.78, 5) is 0. The van der Waals surface area contributed by atoms with Gasteiger partial charge < -0.3 is 18.9 Å². The molecule has 0 amide bonds. The van der Waals surface area contributed by atoms with Crippen LogP contribution in [0.1, 0.15) is 43.4 Å². The van der Waals surface area contributed by atoms with Crippen LogP contribution < -0.4 is 18.9 Å². The predicted octanol–water partition coefficient (Wildman–Crippen LogP) is 4.67. The molecule has 0 N–H and O–H groups in total. The van der Waals surface area contributed by atoms with Gasteiger partial charge in [-0.3, -0.25) is 0 Å². The van der Waals surface area contributed by atoms with Gasteiger partial charge in [0.1, 0.15) is 11.5 Å². The minimum absolute atomic E-state index is 0.178. The Balaban J connectivity index is 1.98. The van der Waals surface area contributed by atoms with Crippen LogP contribution in [0.5, 0.6) is 23.0 Å². The first kappa shape index (κ1) is 16.5. The summed E-state index contributed by atoms with van der Waals surface area (Å²) in [5.74, 6) is 3.46. The third-order valence-corrected chi connectivity index (χ3v) is 4.29. The SMILES string of the molecule is CCOc1ccc([C@@H](C)c2cc3c(cc2OCC)OCO3)c(C)c1. The number of fused-ring (bicyclic) bond motifs is 1. The lowest BCUT2D eigenvalue weighted by atomic mass is 9.89. The summed E-state index contributed by atoms with van der Waals surface area (Å²) in [5.41, 5.74) is 3.56. The van der Waals surface area contributed by atoms with Crippen molar-refractivity contribution in [1.29, 1.82) is 0 Å². The van der Waals surface area contributed by atoms with E-state index in [2.05, 4.69) is 26.0 Å². The molecule has 3 rings (SSSR count). The van der Waals surface area contributed by atoms with E-state index in [9.17, 15) is 0 Å². The maximum absolute atomic E-state index is 5.85. The lowest BCUT2D eigenvalue weighted by Crippen LogP contribution is -2.04. The van der Waals surface area contributed by atoms with Crippen molar-refractivity contribution in [3.8, 4) is 23.0 Å². The van der Waals surface area contributed by atoms with Crippen molar-refractivity contribution in [2.24, 2.45) is 0 Å². The first-order valence-electron chi connectivity index (χ1n) is 8.43. The average Bonchev–Trinajstić information content (AvgIpc) is 3.01. The van der Waals surface area contributed by atoms with Gasteiger partial charge in [-0.15, -0.1) is 0 Å². The van der Waals surface area contributed by atoms with E-state index in [1.807, 2.05) is 32.0 Å². The Hall–Kier alpha value is -2.36. The highest BCUT2D eigenvalue weighted by Crippen LogP contribution is 2.43. The van der Waals surface area contributed by atoms with Gasteiger partial charge in [-0.25, -0.2) is 0 Å². The van der Waals surface area contributed by atoms with Crippen molar-refractivity contribution in [3.63, 3.8) is 0 Å². The van der Waals surface area contributed by atoms with Crippen LogP contribution in [0.4, 0.5) is 0 Å². The summed E-state index contributed by atoms with van der Waals surface area (Å²) in [7, 11) is 0. The number of hydrogen-bond acceptors (Lipinski definition) is 4. The van der Waals surface area contributed by atoms with Gasteiger partial charge in [0.25, 0.3) is 0 Å². The van der Waals surface area contributed by atoms with Gasteiger partial charge in [0.15, 0.2) is 11.5 Å². The Morgan fingerprint density at radius 3 is 2.33 bits per heavy atom. The molecular formula is C20H24O4. The molecule has 0 aromatic heterocycles. The minimum Gasteiger partial charge on any atom is -0.494 e. The second-order valence-electron chi connectivity index (χ2n) is 5.85. The summed E-state index contributed by atoms with van der Waals surface area (Å²) in [6.45, 7) is 9.83. The van der Waals surface area contributed by atoms with Crippen molar-refractivity contribution < 1.29 is 18.9 Å². The predicted molar refractivity (Wildman–Crippen MR) is 93.6 cm³/mol. The Morgan fingerprint density at radius 1 is 0.958 bits per heavy atom. The average molecular weight is 328 g/mol. The second kappa shape index (κ2) is 7.04. The molecule has 0 saturated heterocycles. The van der Waals surface area contributed by atoms with Gasteiger partial charge in [-0.2, -0.15) is 0 Å². The summed E-state index contributed by atoms with van der Waals surface area (Å²) in [5, 5.41) is 0. The molecule has 1 atom stereocenters. The third-order valence-electron chi connectivity index (χ3n) is 4.29. The molecule has 0 unspecified atom stereocenters. The summed E-state index contributed by atoms with van der Waals surface area (Å²) in [6, 6.07) is 10.2. The van der Waals surface area contributed by atoms with Gasteiger partial charge in [-0.1, -0.05) is 13.0 Å². The lowest BCUT2D eigenvalue weighted by molar-refractivity contribution is 0.173. The van der Waals surface area contributed by atoms with Crippen LogP contribution in [0.3, 0.4) is 0 Å². The highest BCUT2D eigenvalue weighted by atomic mass is 16.7. The summed E-state index contributed by atoms with van der Waals surface area (Å²) in [6.07, 6.45) is 0. The maximum Gasteiger partial charge on any atom is 0.231 e. The Bertz CT molecular complexity index is 724. The van der Waals surface area contributed by atoms with Crippen molar-refractivity contribution in [2.75, 3.05) is 20.0 Å². The van der Waals surface area contributed by atoms with Crippen LogP contribution in [-0.2, 0) is 0 Å². The molecule has 0 fully saturated rings. The molecule has 24 heavy (non-hydrogen) atoms. The van der Waals surface area contributed by atoms with Crippen molar-refractivity contribution in [2.45, 2.75) is 33.6 Å². The number of benzene rings is 2. The molecule has 0 bridgehead atoms. The number of aryl methyl sites for hydroxylation is 1. The maximum atomic E-state index is 5.85. The number of hydrogen-bond donors (Lipinski definition) is 0. The Kier molecular flexibility index (Phi) is 4.84. The zero-order chi connectivity index (χ0) is 17.1. The van der Waals surface area contributed by atoms with Crippen LogP contribution in [0, 0.1) is 6.92 Å².